The minimum absolute atomic E-state index is 0.167. The van der Waals surface area contributed by atoms with Crippen LogP contribution in [0.5, 0.6) is 0 Å². The Morgan fingerprint density at radius 3 is 2.42 bits per heavy atom. The molecule has 2 aromatic carbocycles. The molecule has 0 aromatic heterocycles. The van der Waals surface area contributed by atoms with Gasteiger partial charge in [0.15, 0.2) is 0 Å². The molecule has 0 bridgehead atoms. The maximum atomic E-state index is 14.3. The van der Waals surface area contributed by atoms with Gasteiger partial charge < -0.3 is 15.3 Å². The van der Waals surface area contributed by atoms with Gasteiger partial charge in [-0.2, -0.15) is 0 Å². The Bertz CT molecular complexity index is 1010. The van der Waals surface area contributed by atoms with Crippen LogP contribution in [0.3, 0.4) is 0 Å². The number of nitrogens with one attached hydrogen (secondary N) is 1. The fourth-order valence-electron chi connectivity index (χ4n) is 4.25. The number of likely N-dealkylation sites (tertiary alicyclic amines) is 1. The van der Waals surface area contributed by atoms with Crippen LogP contribution < -0.4 is 5.32 Å². The van der Waals surface area contributed by atoms with Crippen molar-refractivity contribution < 1.29 is 32.3 Å². The molecule has 1 heterocycles. The first-order valence-corrected chi connectivity index (χ1v) is 9.88. The summed E-state index contributed by atoms with van der Waals surface area (Å²) in [7, 11) is 0. The lowest BCUT2D eigenvalue weighted by Gasteiger charge is -2.38. The van der Waals surface area contributed by atoms with Crippen molar-refractivity contribution >= 4 is 12.0 Å². The van der Waals surface area contributed by atoms with Crippen LogP contribution in [0.4, 0.5) is 22.4 Å². The number of amides is 2. The number of hydrogen-bond donors (Lipinski definition) is 2. The van der Waals surface area contributed by atoms with Crippen molar-refractivity contribution in [1.82, 2.24) is 10.2 Å². The third kappa shape index (κ3) is 4.08. The van der Waals surface area contributed by atoms with Crippen molar-refractivity contribution in [1.29, 1.82) is 0 Å². The number of carboxylic acid groups (broad SMARTS) is 1. The third-order valence-corrected chi connectivity index (χ3v) is 5.94. The molecule has 0 spiro atoms. The van der Waals surface area contributed by atoms with E-state index < -0.39 is 48.6 Å². The summed E-state index contributed by atoms with van der Waals surface area (Å²) in [5.41, 5.74) is 0.806. The summed E-state index contributed by atoms with van der Waals surface area (Å²) < 4.78 is 56.7. The van der Waals surface area contributed by atoms with Gasteiger partial charge in [0, 0.05) is 25.4 Å². The molecule has 2 aliphatic rings. The second-order valence-corrected chi connectivity index (χ2v) is 7.93. The number of carbonyl (C=O) groups excluding carboxylic acids is 1. The van der Waals surface area contributed by atoms with Crippen LogP contribution in [0.25, 0.3) is 11.1 Å². The quantitative estimate of drug-likeness (QED) is 0.705. The number of piperidine rings is 1. The molecule has 1 aliphatic heterocycles. The van der Waals surface area contributed by atoms with E-state index in [2.05, 4.69) is 0 Å². The molecule has 1 saturated carbocycles. The number of rotatable bonds is 4. The lowest BCUT2D eigenvalue weighted by atomic mass is 9.94. The summed E-state index contributed by atoms with van der Waals surface area (Å²) in [6, 6.07) is 8.57. The highest BCUT2D eigenvalue weighted by Gasteiger charge is 2.51. The Labute approximate surface area is 175 Å². The SMILES string of the molecule is O=C(O)N[C@@H]1CN(C(=O)[C@H]2C[C@@H]2c2ccccc2-c2c(F)cccc2F)CCC1(F)F. The lowest BCUT2D eigenvalue weighted by molar-refractivity contribution is -0.141. The van der Waals surface area contributed by atoms with Crippen LogP contribution in [0.1, 0.15) is 24.3 Å². The average molecular weight is 436 g/mol. The molecule has 2 aromatic rings. The Morgan fingerprint density at radius 2 is 1.74 bits per heavy atom. The van der Waals surface area contributed by atoms with E-state index in [1.165, 1.54) is 11.0 Å². The van der Waals surface area contributed by atoms with Crippen molar-refractivity contribution in [3.8, 4) is 11.1 Å². The normalized spacial score (nSPS) is 24.5. The number of nitrogens with zero attached hydrogens (tertiary/aromatic N) is 1. The first kappa shape index (κ1) is 21.1. The number of alkyl halides is 2. The molecule has 5 nitrogen and oxygen atoms in total. The Hall–Kier alpha value is -3.10. The van der Waals surface area contributed by atoms with Gasteiger partial charge in [-0.25, -0.2) is 22.4 Å². The van der Waals surface area contributed by atoms with Crippen molar-refractivity contribution in [2.45, 2.75) is 30.7 Å². The standard InChI is InChI=1S/C22H20F4N2O3/c23-16-6-3-7-17(24)19(16)13-5-2-1-4-12(13)14-10-15(14)20(29)28-9-8-22(25,26)18(11-28)27-21(30)31/h1-7,14-15,18,27H,8-11H2,(H,30,31)/t14-,15+,18-/m1/s1. The van der Waals surface area contributed by atoms with Crippen molar-refractivity contribution in [3.05, 3.63) is 59.7 Å². The maximum Gasteiger partial charge on any atom is 0.405 e. The maximum absolute atomic E-state index is 14.3. The predicted molar refractivity (Wildman–Crippen MR) is 104 cm³/mol. The molecule has 2 fully saturated rings. The average Bonchev–Trinajstić information content (AvgIpc) is 3.50. The van der Waals surface area contributed by atoms with Crippen molar-refractivity contribution in [2.75, 3.05) is 13.1 Å². The van der Waals surface area contributed by atoms with Crippen molar-refractivity contribution in [3.63, 3.8) is 0 Å². The van der Waals surface area contributed by atoms with Gasteiger partial charge in [0.25, 0.3) is 5.92 Å². The molecule has 0 unspecified atom stereocenters. The minimum Gasteiger partial charge on any atom is -0.465 e. The number of benzene rings is 2. The first-order chi connectivity index (χ1) is 14.7. The predicted octanol–water partition coefficient (Wildman–Crippen LogP) is 4.24. The van der Waals surface area contributed by atoms with E-state index in [9.17, 15) is 27.2 Å². The highest BCUT2D eigenvalue weighted by molar-refractivity contribution is 5.84. The van der Waals surface area contributed by atoms with E-state index in [1.54, 1.807) is 29.6 Å². The number of hydrogen-bond acceptors (Lipinski definition) is 2. The summed E-state index contributed by atoms with van der Waals surface area (Å²) in [4.78, 5) is 25.0. The van der Waals surface area contributed by atoms with E-state index in [0.717, 1.165) is 12.1 Å². The van der Waals surface area contributed by atoms with Crippen LogP contribution in [0.2, 0.25) is 0 Å². The zero-order valence-electron chi connectivity index (χ0n) is 16.3. The second-order valence-electron chi connectivity index (χ2n) is 7.93. The summed E-state index contributed by atoms with van der Waals surface area (Å²) in [6.07, 6.45) is -1.79. The Balaban J connectivity index is 1.54. The van der Waals surface area contributed by atoms with E-state index in [-0.39, 0.29) is 23.9 Å². The highest BCUT2D eigenvalue weighted by atomic mass is 19.3. The molecular weight excluding hydrogens is 416 g/mol. The Kier molecular flexibility index (Phi) is 5.36. The summed E-state index contributed by atoms with van der Waals surface area (Å²) in [6.45, 7) is -0.610. The highest BCUT2D eigenvalue weighted by Crippen LogP contribution is 2.52. The zero-order valence-corrected chi connectivity index (χ0v) is 16.3. The molecule has 1 aliphatic carbocycles. The summed E-state index contributed by atoms with van der Waals surface area (Å²) in [5.74, 6) is -5.83. The van der Waals surface area contributed by atoms with E-state index in [0.29, 0.717) is 17.5 Å². The molecule has 31 heavy (non-hydrogen) atoms. The zero-order chi connectivity index (χ0) is 22.3. The summed E-state index contributed by atoms with van der Waals surface area (Å²) >= 11 is 0. The van der Waals surface area contributed by atoms with Gasteiger partial charge >= 0.3 is 6.09 Å². The molecule has 1 saturated heterocycles. The van der Waals surface area contributed by atoms with Gasteiger partial charge in [-0.05, 0) is 35.6 Å². The van der Waals surface area contributed by atoms with Crippen LogP contribution in [0, 0.1) is 17.6 Å². The van der Waals surface area contributed by atoms with Gasteiger partial charge in [0.1, 0.15) is 17.7 Å². The smallest absolute Gasteiger partial charge is 0.405 e. The largest absolute Gasteiger partial charge is 0.465 e. The van der Waals surface area contributed by atoms with Crippen molar-refractivity contribution in [2.24, 2.45) is 5.92 Å². The Morgan fingerprint density at radius 1 is 1.06 bits per heavy atom. The minimum atomic E-state index is -3.24. The van der Waals surface area contributed by atoms with E-state index in [4.69, 9.17) is 5.11 Å². The monoisotopic (exact) mass is 436 g/mol. The van der Waals surface area contributed by atoms with Gasteiger partial charge in [-0.15, -0.1) is 0 Å². The van der Waals surface area contributed by atoms with E-state index in [1.807, 2.05) is 0 Å². The molecule has 164 valence electrons. The number of halogens is 4. The van der Waals surface area contributed by atoms with Gasteiger partial charge in [0.2, 0.25) is 5.91 Å². The fraction of sp³-hybridized carbons (Fsp3) is 0.364. The molecule has 4 rings (SSSR count). The molecule has 2 N–H and O–H groups in total. The molecular formula is C22H20F4N2O3. The fourth-order valence-corrected chi connectivity index (χ4v) is 4.25. The molecule has 9 heteroatoms. The molecule has 3 atom stereocenters. The van der Waals surface area contributed by atoms with Gasteiger partial charge in [-0.3, -0.25) is 4.79 Å². The number of carbonyl (C=O) groups is 2. The van der Waals surface area contributed by atoms with Crippen LogP contribution in [0.15, 0.2) is 42.5 Å². The first-order valence-electron chi connectivity index (χ1n) is 9.88. The van der Waals surface area contributed by atoms with Gasteiger partial charge in [0.05, 0.1) is 5.56 Å². The van der Waals surface area contributed by atoms with Crippen LogP contribution >= 0.6 is 0 Å². The second kappa shape index (κ2) is 7.86. The van der Waals surface area contributed by atoms with Crippen LogP contribution in [-0.4, -0.2) is 47.1 Å². The topological polar surface area (TPSA) is 69.6 Å². The molecule has 2 amide bonds. The lowest BCUT2D eigenvalue weighted by Crippen LogP contribution is -2.59. The third-order valence-electron chi connectivity index (χ3n) is 5.94. The van der Waals surface area contributed by atoms with Crippen LogP contribution in [-0.2, 0) is 4.79 Å². The summed E-state index contributed by atoms with van der Waals surface area (Å²) in [5, 5.41) is 10.6. The van der Waals surface area contributed by atoms with E-state index >= 15 is 0 Å². The van der Waals surface area contributed by atoms with Gasteiger partial charge in [-0.1, -0.05) is 30.3 Å². The molecule has 0 radical (unpaired) electrons.